The number of rotatable bonds is 15. The Balaban J connectivity index is 2.17. The monoisotopic (exact) mass is 679 g/mol. The molecule has 244 valence electrons. The summed E-state index contributed by atoms with van der Waals surface area (Å²) in [7, 11) is -0.243. The summed E-state index contributed by atoms with van der Waals surface area (Å²) < 4.78 is 45.8. The van der Waals surface area contributed by atoms with Gasteiger partial charge < -0.3 is 24.4 Å². The number of hydrogen-bond acceptors (Lipinski definition) is 7. The topological polar surface area (TPSA) is 114 Å². The summed E-state index contributed by atoms with van der Waals surface area (Å²) in [5, 5.41) is 3.69. The standard InChI is InChI=1S/C32H39Cl2N3O7S/c1-7-21(3)35-32(39)26(8-2)36(19-22-9-11-23(33)12-10-22)31(38)20-37(27-17-24(34)13-15-28(27)42-4)45(40,41)25-14-16-29(43-5)30(18-25)44-6/h9-18,21,26H,7-8,19-20H2,1-6H3,(H,35,39)/t21-,26-/m1/s1. The van der Waals surface area contributed by atoms with Gasteiger partial charge in [-0.15, -0.1) is 0 Å². The third-order valence-corrected chi connectivity index (χ3v) is 9.53. The van der Waals surface area contributed by atoms with E-state index in [1.165, 1.54) is 56.6 Å². The molecular formula is C32H39Cl2N3O7S. The van der Waals surface area contributed by atoms with E-state index in [9.17, 15) is 18.0 Å². The summed E-state index contributed by atoms with van der Waals surface area (Å²) in [6, 6.07) is 14.4. The van der Waals surface area contributed by atoms with Gasteiger partial charge in [-0.1, -0.05) is 49.2 Å². The molecule has 45 heavy (non-hydrogen) atoms. The van der Waals surface area contributed by atoms with Crippen molar-refractivity contribution < 1.29 is 32.2 Å². The molecule has 2 atom stereocenters. The largest absolute Gasteiger partial charge is 0.495 e. The summed E-state index contributed by atoms with van der Waals surface area (Å²) in [5.74, 6) is -0.292. The van der Waals surface area contributed by atoms with Crippen molar-refractivity contribution in [1.82, 2.24) is 10.2 Å². The number of carbonyl (C=O) groups is 2. The van der Waals surface area contributed by atoms with Gasteiger partial charge >= 0.3 is 0 Å². The summed E-state index contributed by atoms with van der Waals surface area (Å²) in [5.41, 5.74) is 0.744. The van der Waals surface area contributed by atoms with Crippen LogP contribution in [-0.2, 0) is 26.2 Å². The number of benzene rings is 3. The molecule has 0 aromatic heterocycles. The highest BCUT2D eigenvalue weighted by atomic mass is 35.5. The van der Waals surface area contributed by atoms with Gasteiger partial charge in [0.05, 0.1) is 31.9 Å². The van der Waals surface area contributed by atoms with Crippen LogP contribution >= 0.6 is 23.2 Å². The molecule has 3 rings (SSSR count). The first kappa shape index (κ1) is 35.8. The van der Waals surface area contributed by atoms with E-state index in [1.807, 2.05) is 13.8 Å². The Labute approximate surface area is 275 Å². The number of hydrogen-bond donors (Lipinski definition) is 1. The third-order valence-electron chi connectivity index (χ3n) is 7.28. The third kappa shape index (κ3) is 8.74. The average molecular weight is 681 g/mol. The molecule has 0 saturated heterocycles. The number of sulfonamides is 1. The van der Waals surface area contributed by atoms with Crippen molar-refractivity contribution in [3.8, 4) is 17.2 Å². The van der Waals surface area contributed by atoms with Crippen molar-refractivity contribution in [2.24, 2.45) is 0 Å². The minimum atomic E-state index is -4.45. The first-order valence-corrected chi connectivity index (χ1v) is 16.5. The Morgan fingerprint density at radius 3 is 2.00 bits per heavy atom. The Kier molecular flexibility index (Phi) is 12.8. The van der Waals surface area contributed by atoms with E-state index >= 15 is 0 Å². The van der Waals surface area contributed by atoms with Crippen molar-refractivity contribution in [3.63, 3.8) is 0 Å². The Bertz CT molecular complexity index is 1590. The fraction of sp³-hybridized carbons (Fsp3) is 0.375. The Morgan fingerprint density at radius 2 is 1.42 bits per heavy atom. The highest BCUT2D eigenvalue weighted by molar-refractivity contribution is 7.92. The molecule has 1 N–H and O–H groups in total. The first-order valence-electron chi connectivity index (χ1n) is 14.3. The molecule has 3 aromatic rings. The molecule has 0 spiro atoms. The fourth-order valence-electron chi connectivity index (χ4n) is 4.62. The quantitative estimate of drug-likeness (QED) is 0.212. The van der Waals surface area contributed by atoms with Crippen molar-refractivity contribution >= 4 is 50.7 Å². The molecular weight excluding hydrogens is 641 g/mol. The summed E-state index contributed by atoms with van der Waals surface area (Å²) >= 11 is 12.4. The number of halogens is 2. The number of carbonyl (C=O) groups excluding carboxylic acids is 2. The van der Waals surface area contributed by atoms with Gasteiger partial charge in [-0.05, 0) is 67.8 Å². The van der Waals surface area contributed by atoms with E-state index in [0.717, 1.165) is 4.31 Å². The molecule has 0 fully saturated rings. The van der Waals surface area contributed by atoms with Gasteiger partial charge in [0.2, 0.25) is 11.8 Å². The van der Waals surface area contributed by atoms with Crippen LogP contribution < -0.4 is 23.8 Å². The molecule has 0 radical (unpaired) electrons. The molecule has 3 aromatic carbocycles. The molecule has 13 heteroatoms. The molecule has 0 heterocycles. The molecule has 0 aliphatic rings. The van der Waals surface area contributed by atoms with E-state index in [-0.39, 0.29) is 52.0 Å². The van der Waals surface area contributed by atoms with E-state index < -0.39 is 28.5 Å². The zero-order valence-electron chi connectivity index (χ0n) is 26.2. The van der Waals surface area contributed by atoms with Gasteiger partial charge in [0.1, 0.15) is 18.3 Å². The van der Waals surface area contributed by atoms with Crippen LogP contribution in [0.3, 0.4) is 0 Å². The maximum Gasteiger partial charge on any atom is 0.265 e. The predicted octanol–water partition coefficient (Wildman–Crippen LogP) is 5.94. The highest BCUT2D eigenvalue weighted by Gasteiger charge is 2.35. The number of amides is 2. The maximum absolute atomic E-state index is 14.4. The Morgan fingerprint density at radius 1 is 0.822 bits per heavy atom. The summed E-state index contributed by atoms with van der Waals surface area (Å²) in [6.45, 7) is 4.96. The molecule has 2 amide bonds. The van der Waals surface area contributed by atoms with E-state index in [1.54, 1.807) is 37.3 Å². The normalized spacial score (nSPS) is 12.5. The van der Waals surface area contributed by atoms with E-state index in [0.29, 0.717) is 22.8 Å². The number of methoxy groups -OCH3 is 3. The van der Waals surface area contributed by atoms with Crippen LogP contribution in [-0.4, -0.2) is 65.1 Å². The summed E-state index contributed by atoms with van der Waals surface area (Å²) in [6.07, 6.45) is 0.976. The number of anilines is 1. The minimum absolute atomic E-state index is 0.0271. The maximum atomic E-state index is 14.4. The van der Waals surface area contributed by atoms with E-state index in [2.05, 4.69) is 5.32 Å². The zero-order chi connectivity index (χ0) is 33.3. The van der Waals surface area contributed by atoms with Crippen molar-refractivity contribution in [2.45, 2.75) is 57.1 Å². The van der Waals surface area contributed by atoms with Crippen LogP contribution in [0.2, 0.25) is 10.0 Å². The number of nitrogens with one attached hydrogen (secondary N) is 1. The number of nitrogens with zero attached hydrogens (tertiary/aromatic N) is 2. The number of ether oxygens (including phenoxy) is 3. The second-order valence-corrected chi connectivity index (χ2v) is 13.0. The van der Waals surface area contributed by atoms with Gasteiger partial charge in [-0.3, -0.25) is 13.9 Å². The van der Waals surface area contributed by atoms with Gasteiger partial charge in [0.25, 0.3) is 10.0 Å². The smallest absolute Gasteiger partial charge is 0.265 e. The highest BCUT2D eigenvalue weighted by Crippen LogP contribution is 2.37. The van der Waals surface area contributed by atoms with Crippen molar-refractivity contribution in [2.75, 3.05) is 32.2 Å². The molecule has 0 aliphatic carbocycles. The minimum Gasteiger partial charge on any atom is -0.495 e. The summed E-state index contributed by atoms with van der Waals surface area (Å²) in [4.78, 5) is 29.0. The fourth-order valence-corrected chi connectivity index (χ4v) is 6.35. The lowest BCUT2D eigenvalue weighted by Crippen LogP contribution is -2.53. The van der Waals surface area contributed by atoms with Crippen LogP contribution in [0.15, 0.2) is 65.6 Å². The lowest BCUT2D eigenvalue weighted by atomic mass is 10.1. The van der Waals surface area contributed by atoms with Crippen molar-refractivity contribution in [1.29, 1.82) is 0 Å². The molecule has 0 saturated carbocycles. The molecule has 0 aliphatic heterocycles. The van der Waals surface area contributed by atoms with Crippen LogP contribution in [0.4, 0.5) is 5.69 Å². The van der Waals surface area contributed by atoms with E-state index in [4.69, 9.17) is 37.4 Å². The SMILES string of the molecule is CC[C@@H](C)NC(=O)[C@@H](CC)N(Cc1ccc(Cl)cc1)C(=O)CN(c1cc(Cl)ccc1OC)S(=O)(=O)c1ccc(OC)c(OC)c1. The van der Waals surface area contributed by atoms with Crippen LogP contribution in [0, 0.1) is 0 Å². The zero-order valence-corrected chi connectivity index (χ0v) is 28.5. The Hall–Kier alpha value is -3.67. The van der Waals surface area contributed by atoms with Gasteiger partial charge in [0.15, 0.2) is 11.5 Å². The van der Waals surface area contributed by atoms with Crippen molar-refractivity contribution in [3.05, 3.63) is 76.3 Å². The van der Waals surface area contributed by atoms with Crippen LogP contribution in [0.1, 0.15) is 39.2 Å². The first-order chi connectivity index (χ1) is 21.4. The van der Waals surface area contributed by atoms with Gasteiger partial charge in [0, 0.05) is 28.7 Å². The molecule has 10 nitrogen and oxygen atoms in total. The van der Waals surface area contributed by atoms with Crippen LogP contribution in [0.25, 0.3) is 0 Å². The lowest BCUT2D eigenvalue weighted by Gasteiger charge is -2.34. The lowest BCUT2D eigenvalue weighted by molar-refractivity contribution is -0.140. The second-order valence-electron chi connectivity index (χ2n) is 10.2. The molecule has 0 bridgehead atoms. The van der Waals surface area contributed by atoms with Gasteiger partial charge in [-0.2, -0.15) is 0 Å². The second kappa shape index (κ2) is 16.1. The molecule has 0 unspecified atom stereocenters. The predicted molar refractivity (Wildman–Crippen MR) is 176 cm³/mol. The average Bonchev–Trinajstić information content (AvgIpc) is 3.03. The van der Waals surface area contributed by atoms with Crippen LogP contribution in [0.5, 0.6) is 17.2 Å². The van der Waals surface area contributed by atoms with Gasteiger partial charge in [-0.25, -0.2) is 8.42 Å².